The molecule has 22 heavy (non-hydrogen) atoms. The zero-order valence-electron chi connectivity index (χ0n) is 13.2. The van der Waals surface area contributed by atoms with Crippen LogP contribution in [-0.4, -0.2) is 24.4 Å². The van der Waals surface area contributed by atoms with Crippen LogP contribution >= 0.6 is 11.3 Å². The maximum atomic E-state index is 10.1. The highest BCUT2D eigenvalue weighted by atomic mass is 32.1. The average molecular weight is 319 g/mol. The van der Waals surface area contributed by atoms with E-state index in [0.29, 0.717) is 13.2 Å². The standard InChI is InChI=1S/C18H25NO2S/c1-3-17(15-8-5-4-6-9-15)21-13-16(20)12-19-14(2)18-10-7-11-22-18/h4-11,14,16-17,19-20H,3,12-13H2,1-2H3. The van der Waals surface area contributed by atoms with Crippen molar-refractivity contribution in [2.45, 2.75) is 38.5 Å². The lowest BCUT2D eigenvalue weighted by Gasteiger charge is -2.20. The minimum atomic E-state index is -0.500. The summed E-state index contributed by atoms with van der Waals surface area (Å²) in [5.41, 5.74) is 1.16. The highest BCUT2D eigenvalue weighted by molar-refractivity contribution is 7.10. The minimum Gasteiger partial charge on any atom is -0.389 e. The molecule has 2 N–H and O–H groups in total. The number of benzene rings is 1. The first-order valence-electron chi connectivity index (χ1n) is 7.82. The lowest BCUT2D eigenvalue weighted by molar-refractivity contribution is -0.0120. The number of hydrogen-bond acceptors (Lipinski definition) is 4. The number of rotatable bonds is 9. The fourth-order valence-electron chi connectivity index (χ4n) is 2.35. The van der Waals surface area contributed by atoms with Crippen molar-refractivity contribution < 1.29 is 9.84 Å². The quantitative estimate of drug-likeness (QED) is 0.736. The highest BCUT2D eigenvalue weighted by Gasteiger charge is 2.14. The molecule has 1 aromatic heterocycles. The molecule has 3 nitrogen and oxygen atoms in total. The summed E-state index contributed by atoms with van der Waals surface area (Å²) in [6, 6.07) is 14.6. The maximum absolute atomic E-state index is 10.1. The molecule has 3 unspecified atom stereocenters. The van der Waals surface area contributed by atoms with Crippen LogP contribution in [0, 0.1) is 0 Å². The van der Waals surface area contributed by atoms with Gasteiger partial charge in [-0.3, -0.25) is 0 Å². The van der Waals surface area contributed by atoms with Crippen LogP contribution in [0.15, 0.2) is 47.8 Å². The van der Waals surface area contributed by atoms with Crippen molar-refractivity contribution in [2.24, 2.45) is 0 Å². The van der Waals surface area contributed by atoms with E-state index in [1.165, 1.54) is 4.88 Å². The van der Waals surface area contributed by atoms with Crippen LogP contribution in [0.2, 0.25) is 0 Å². The smallest absolute Gasteiger partial charge is 0.0898 e. The Kier molecular flexibility index (Phi) is 7.06. The number of aliphatic hydroxyl groups is 1. The minimum absolute atomic E-state index is 0.0468. The van der Waals surface area contributed by atoms with Gasteiger partial charge in [0.05, 0.1) is 18.8 Å². The largest absolute Gasteiger partial charge is 0.389 e. The van der Waals surface area contributed by atoms with Gasteiger partial charge in [-0.1, -0.05) is 43.3 Å². The number of nitrogens with one attached hydrogen (secondary N) is 1. The molecule has 0 fully saturated rings. The van der Waals surface area contributed by atoms with Gasteiger partial charge in [-0.05, 0) is 30.4 Å². The van der Waals surface area contributed by atoms with Gasteiger partial charge in [0.1, 0.15) is 0 Å². The van der Waals surface area contributed by atoms with Crippen molar-refractivity contribution in [3.8, 4) is 0 Å². The lowest BCUT2D eigenvalue weighted by atomic mass is 10.1. The van der Waals surface area contributed by atoms with Gasteiger partial charge in [0.25, 0.3) is 0 Å². The molecule has 2 aromatic rings. The van der Waals surface area contributed by atoms with Crippen molar-refractivity contribution in [1.82, 2.24) is 5.32 Å². The predicted molar refractivity (Wildman–Crippen MR) is 92.2 cm³/mol. The van der Waals surface area contributed by atoms with E-state index < -0.39 is 6.10 Å². The number of aliphatic hydroxyl groups excluding tert-OH is 1. The molecule has 0 bridgehead atoms. The zero-order chi connectivity index (χ0) is 15.8. The monoisotopic (exact) mass is 319 g/mol. The molecule has 4 heteroatoms. The Morgan fingerprint density at radius 2 is 1.95 bits per heavy atom. The maximum Gasteiger partial charge on any atom is 0.0898 e. The molecule has 0 amide bonds. The van der Waals surface area contributed by atoms with E-state index in [9.17, 15) is 5.11 Å². The molecule has 0 aliphatic rings. The Bertz CT molecular complexity index is 515. The molecule has 0 saturated heterocycles. The van der Waals surface area contributed by atoms with Crippen LogP contribution in [0.5, 0.6) is 0 Å². The zero-order valence-corrected chi connectivity index (χ0v) is 14.1. The topological polar surface area (TPSA) is 41.5 Å². The molecule has 2 rings (SSSR count). The van der Waals surface area contributed by atoms with Crippen LogP contribution in [0.25, 0.3) is 0 Å². The second-order valence-corrected chi connectivity index (χ2v) is 6.42. The third-order valence-corrected chi connectivity index (χ3v) is 4.72. The second-order valence-electron chi connectivity index (χ2n) is 5.44. The summed E-state index contributed by atoms with van der Waals surface area (Å²) < 4.78 is 5.87. The molecule has 0 aliphatic heterocycles. The van der Waals surface area contributed by atoms with E-state index in [4.69, 9.17) is 4.74 Å². The van der Waals surface area contributed by atoms with Crippen molar-refractivity contribution in [3.05, 3.63) is 58.3 Å². The molecule has 0 spiro atoms. The first kappa shape index (κ1) is 17.2. The molecule has 1 heterocycles. The van der Waals surface area contributed by atoms with Crippen molar-refractivity contribution >= 4 is 11.3 Å². The van der Waals surface area contributed by atoms with Gasteiger partial charge in [0.15, 0.2) is 0 Å². The first-order chi connectivity index (χ1) is 10.7. The number of thiophene rings is 1. The van der Waals surface area contributed by atoms with E-state index in [1.54, 1.807) is 11.3 Å². The third kappa shape index (κ3) is 5.21. The fraction of sp³-hybridized carbons (Fsp3) is 0.444. The van der Waals surface area contributed by atoms with E-state index in [1.807, 2.05) is 24.3 Å². The third-order valence-electron chi connectivity index (χ3n) is 3.66. The van der Waals surface area contributed by atoms with E-state index in [0.717, 1.165) is 12.0 Å². The molecule has 0 saturated carbocycles. The molecule has 3 atom stereocenters. The lowest BCUT2D eigenvalue weighted by Crippen LogP contribution is -2.32. The Hall–Kier alpha value is -1.20. The van der Waals surface area contributed by atoms with Crippen molar-refractivity contribution in [2.75, 3.05) is 13.2 Å². The van der Waals surface area contributed by atoms with Gasteiger partial charge in [-0.15, -0.1) is 11.3 Å². The summed E-state index contributed by atoms with van der Waals surface area (Å²) >= 11 is 1.73. The second kappa shape index (κ2) is 9.06. The van der Waals surface area contributed by atoms with Gasteiger partial charge in [0, 0.05) is 17.5 Å². The predicted octanol–water partition coefficient (Wildman–Crippen LogP) is 3.93. The van der Waals surface area contributed by atoms with Crippen LogP contribution in [0.3, 0.4) is 0 Å². The summed E-state index contributed by atoms with van der Waals surface area (Å²) in [6.45, 7) is 5.08. The van der Waals surface area contributed by atoms with Gasteiger partial charge in [0.2, 0.25) is 0 Å². The molecular weight excluding hydrogens is 294 g/mol. The van der Waals surface area contributed by atoms with E-state index in [2.05, 4.69) is 42.7 Å². The number of hydrogen-bond donors (Lipinski definition) is 2. The van der Waals surface area contributed by atoms with Gasteiger partial charge >= 0.3 is 0 Å². The molecule has 0 aliphatic carbocycles. The normalized spacial score (nSPS) is 15.4. The Labute approximate surface area is 137 Å². The fourth-order valence-corrected chi connectivity index (χ4v) is 3.11. The summed E-state index contributed by atoms with van der Waals surface area (Å²) in [4.78, 5) is 1.28. The van der Waals surface area contributed by atoms with Crippen LogP contribution in [-0.2, 0) is 4.74 Å². The highest BCUT2D eigenvalue weighted by Crippen LogP contribution is 2.21. The molecular formula is C18H25NO2S. The summed E-state index contributed by atoms with van der Waals surface area (Å²) in [5.74, 6) is 0. The van der Waals surface area contributed by atoms with Gasteiger partial charge in [-0.25, -0.2) is 0 Å². The Morgan fingerprint density at radius 1 is 1.18 bits per heavy atom. The molecule has 120 valence electrons. The SMILES string of the molecule is CCC(OCC(O)CNC(C)c1cccs1)c1ccccc1. The molecule has 0 radical (unpaired) electrons. The van der Waals surface area contributed by atoms with Crippen LogP contribution < -0.4 is 5.32 Å². The van der Waals surface area contributed by atoms with E-state index >= 15 is 0 Å². The van der Waals surface area contributed by atoms with Crippen LogP contribution in [0.1, 0.15) is 42.9 Å². The van der Waals surface area contributed by atoms with Crippen molar-refractivity contribution in [1.29, 1.82) is 0 Å². The van der Waals surface area contributed by atoms with Gasteiger partial charge < -0.3 is 15.2 Å². The summed E-state index contributed by atoms with van der Waals surface area (Å²) in [5, 5.41) is 15.5. The average Bonchev–Trinajstić information content (AvgIpc) is 3.09. The van der Waals surface area contributed by atoms with Crippen molar-refractivity contribution in [3.63, 3.8) is 0 Å². The van der Waals surface area contributed by atoms with E-state index in [-0.39, 0.29) is 12.1 Å². The number of ether oxygens (including phenoxy) is 1. The summed E-state index contributed by atoms with van der Waals surface area (Å²) in [6.07, 6.45) is 0.446. The Morgan fingerprint density at radius 3 is 2.59 bits per heavy atom. The Balaban J connectivity index is 1.73. The van der Waals surface area contributed by atoms with Crippen LogP contribution in [0.4, 0.5) is 0 Å². The summed E-state index contributed by atoms with van der Waals surface area (Å²) in [7, 11) is 0. The molecule has 1 aromatic carbocycles. The van der Waals surface area contributed by atoms with Gasteiger partial charge in [-0.2, -0.15) is 0 Å². The first-order valence-corrected chi connectivity index (χ1v) is 8.70.